The minimum atomic E-state index is -4.29. The average Bonchev–Trinajstić information content (AvgIpc) is 2.94. The molecule has 1 aliphatic heterocycles. The first-order chi connectivity index (χ1) is 11.8. The van der Waals surface area contributed by atoms with E-state index in [1.807, 2.05) is 25.3 Å². The standard InChI is InChI=1S/C16H19NO6S3/c1-10-16(2,3)14-12-9-11(26(21,22)23)5-6-13(12)24-15(14)17(10)7-4-8-25(18,19)20/h5-6,9H,4,7-8H2,1-3H3,(H-,18,19,20,21,22,23)/p+1. The van der Waals surface area contributed by atoms with Crippen molar-refractivity contribution in [3.05, 3.63) is 23.8 Å². The van der Waals surface area contributed by atoms with Crippen LogP contribution < -0.4 is 0 Å². The maximum absolute atomic E-state index is 11.5. The monoisotopic (exact) mass is 418 g/mol. The number of benzene rings is 1. The molecule has 0 unspecified atom stereocenters. The predicted octanol–water partition coefficient (Wildman–Crippen LogP) is 2.82. The van der Waals surface area contributed by atoms with Gasteiger partial charge in [-0.15, -0.1) is 0 Å². The smallest absolute Gasteiger partial charge is 0.286 e. The van der Waals surface area contributed by atoms with E-state index in [0.29, 0.717) is 6.54 Å². The van der Waals surface area contributed by atoms with Crippen molar-refractivity contribution in [3.8, 4) is 0 Å². The summed E-state index contributed by atoms with van der Waals surface area (Å²) in [6, 6.07) is 4.52. The van der Waals surface area contributed by atoms with Crippen molar-refractivity contribution >= 4 is 52.4 Å². The SMILES string of the molecule is CC1=[N+](CCCS(=O)(=O)O)c2sc3ccc(S(=O)(=O)O)cc3c2C1(C)C. The Morgan fingerprint density at radius 2 is 1.81 bits per heavy atom. The van der Waals surface area contributed by atoms with E-state index >= 15 is 0 Å². The van der Waals surface area contributed by atoms with Crippen molar-refractivity contribution in [2.45, 2.75) is 37.5 Å². The van der Waals surface area contributed by atoms with Gasteiger partial charge in [0.1, 0.15) is 0 Å². The van der Waals surface area contributed by atoms with E-state index in [1.54, 1.807) is 6.07 Å². The summed E-state index contributed by atoms with van der Waals surface area (Å²) in [6.45, 7) is 6.44. The van der Waals surface area contributed by atoms with E-state index in [0.717, 1.165) is 26.4 Å². The molecule has 0 saturated heterocycles. The fourth-order valence-corrected chi connectivity index (χ4v) is 5.78. The molecule has 26 heavy (non-hydrogen) atoms. The third-order valence-corrected chi connectivity index (χ3v) is 7.75. The second-order valence-electron chi connectivity index (χ2n) is 6.92. The number of nitrogens with zero attached hydrogens (tertiary/aromatic N) is 1. The quantitative estimate of drug-likeness (QED) is 0.570. The first-order valence-electron chi connectivity index (χ1n) is 7.93. The number of hydrogen-bond donors (Lipinski definition) is 2. The molecule has 0 aliphatic carbocycles. The predicted molar refractivity (Wildman–Crippen MR) is 101 cm³/mol. The summed E-state index contributed by atoms with van der Waals surface area (Å²) in [5.41, 5.74) is 1.62. The van der Waals surface area contributed by atoms with Gasteiger partial charge in [0.15, 0.2) is 12.3 Å². The van der Waals surface area contributed by atoms with E-state index < -0.39 is 20.2 Å². The molecule has 1 aromatic carbocycles. The zero-order chi connectivity index (χ0) is 19.5. The summed E-state index contributed by atoms with van der Waals surface area (Å²) in [4.78, 5) is -0.149. The minimum Gasteiger partial charge on any atom is -0.286 e. The first-order valence-corrected chi connectivity index (χ1v) is 11.8. The summed E-state index contributed by atoms with van der Waals surface area (Å²) >= 11 is 1.49. The van der Waals surface area contributed by atoms with Gasteiger partial charge in [0, 0.05) is 23.4 Å². The third kappa shape index (κ3) is 3.31. The largest absolute Gasteiger partial charge is 0.294 e. The maximum atomic E-state index is 11.5. The zero-order valence-electron chi connectivity index (χ0n) is 14.6. The molecular weight excluding hydrogens is 398 g/mol. The van der Waals surface area contributed by atoms with Crippen LogP contribution in [0.15, 0.2) is 23.1 Å². The van der Waals surface area contributed by atoms with Crippen molar-refractivity contribution < 1.29 is 30.5 Å². The molecule has 0 spiro atoms. The summed E-state index contributed by atoms with van der Waals surface area (Å²) in [5, 5.41) is 1.70. The Balaban J connectivity index is 2.11. The van der Waals surface area contributed by atoms with E-state index in [-0.39, 0.29) is 22.5 Å². The molecule has 3 rings (SSSR count). The van der Waals surface area contributed by atoms with Gasteiger partial charge in [0.25, 0.3) is 25.2 Å². The van der Waals surface area contributed by atoms with Gasteiger partial charge in [-0.05, 0) is 32.0 Å². The van der Waals surface area contributed by atoms with Crippen molar-refractivity contribution in [1.82, 2.24) is 0 Å². The van der Waals surface area contributed by atoms with Crippen LogP contribution in [0, 0.1) is 0 Å². The van der Waals surface area contributed by atoms with E-state index in [4.69, 9.17) is 4.55 Å². The van der Waals surface area contributed by atoms with Crippen LogP contribution >= 0.6 is 11.3 Å². The van der Waals surface area contributed by atoms with Gasteiger partial charge < -0.3 is 0 Å². The van der Waals surface area contributed by atoms with Crippen LogP contribution in [0.3, 0.4) is 0 Å². The Morgan fingerprint density at radius 1 is 1.15 bits per heavy atom. The molecule has 1 aliphatic rings. The first kappa shape index (κ1) is 19.4. The number of hydrogen-bond acceptors (Lipinski definition) is 5. The molecule has 2 heterocycles. The minimum absolute atomic E-state index is 0.149. The Hall–Kier alpha value is -1.33. The van der Waals surface area contributed by atoms with Gasteiger partial charge in [-0.25, -0.2) is 0 Å². The van der Waals surface area contributed by atoms with E-state index in [9.17, 15) is 21.4 Å². The number of thiophene rings is 1. The van der Waals surface area contributed by atoms with E-state index in [1.165, 1.54) is 23.5 Å². The Kier molecular flexibility index (Phi) is 4.56. The van der Waals surface area contributed by atoms with Crippen LogP contribution in [-0.2, 0) is 25.7 Å². The van der Waals surface area contributed by atoms with Gasteiger partial charge >= 0.3 is 0 Å². The topological polar surface area (TPSA) is 112 Å². The molecule has 0 atom stereocenters. The van der Waals surface area contributed by atoms with Crippen molar-refractivity contribution in [2.24, 2.45) is 0 Å². The lowest BCUT2D eigenvalue weighted by atomic mass is 9.82. The highest BCUT2D eigenvalue weighted by atomic mass is 32.2. The molecule has 142 valence electrons. The Labute approximate surface area is 156 Å². The molecule has 0 radical (unpaired) electrons. The van der Waals surface area contributed by atoms with Gasteiger partial charge in [-0.1, -0.05) is 11.3 Å². The normalized spacial score (nSPS) is 17.1. The number of rotatable bonds is 5. The van der Waals surface area contributed by atoms with Crippen LogP contribution in [0.4, 0.5) is 5.00 Å². The highest BCUT2D eigenvalue weighted by Crippen LogP contribution is 2.49. The summed E-state index contributed by atoms with van der Waals surface area (Å²) in [7, 11) is -8.31. The molecule has 0 bridgehead atoms. The van der Waals surface area contributed by atoms with Crippen molar-refractivity contribution in [2.75, 3.05) is 12.3 Å². The second kappa shape index (κ2) is 6.10. The summed E-state index contributed by atoms with van der Waals surface area (Å²) in [5.74, 6) is -0.315. The van der Waals surface area contributed by atoms with Crippen LogP contribution in [0.1, 0.15) is 32.8 Å². The third-order valence-electron chi connectivity index (χ3n) is 4.90. The van der Waals surface area contributed by atoms with Crippen LogP contribution in [-0.4, -0.2) is 48.5 Å². The average molecular weight is 419 g/mol. The molecular formula is C16H20NO6S3+. The van der Waals surface area contributed by atoms with Gasteiger partial charge in [-0.2, -0.15) is 21.4 Å². The molecule has 0 amide bonds. The fraction of sp³-hybridized carbons (Fsp3) is 0.438. The highest BCUT2D eigenvalue weighted by molar-refractivity contribution is 7.86. The van der Waals surface area contributed by atoms with Crippen molar-refractivity contribution in [3.63, 3.8) is 0 Å². The van der Waals surface area contributed by atoms with Gasteiger partial charge in [0.05, 0.1) is 21.6 Å². The molecule has 2 aromatic rings. The lowest BCUT2D eigenvalue weighted by Gasteiger charge is -2.15. The Morgan fingerprint density at radius 3 is 2.38 bits per heavy atom. The zero-order valence-corrected chi connectivity index (χ0v) is 17.0. The summed E-state index contributed by atoms with van der Waals surface area (Å²) in [6.07, 6.45) is 0.274. The van der Waals surface area contributed by atoms with E-state index in [2.05, 4.69) is 0 Å². The number of fused-ring (bicyclic) bond motifs is 3. The van der Waals surface area contributed by atoms with Crippen LogP contribution in [0.25, 0.3) is 10.1 Å². The molecule has 1 aromatic heterocycles. The lowest BCUT2D eigenvalue weighted by molar-refractivity contribution is -0.434. The lowest BCUT2D eigenvalue weighted by Crippen LogP contribution is -2.27. The fourth-order valence-electron chi connectivity index (χ4n) is 3.36. The molecule has 10 heteroatoms. The molecule has 2 N–H and O–H groups in total. The van der Waals surface area contributed by atoms with Crippen LogP contribution in [0.5, 0.6) is 0 Å². The van der Waals surface area contributed by atoms with Gasteiger partial charge in [0.2, 0.25) is 0 Å². The second-order valence-corrected chi connectivity index (χ2v) is 10.9. The Bertz CT molecular complexity index is 1140. The summed E-state index contributed by atoms with van der Waals surface area (Å²) < 4.78 is 66.1. The molecule has 0 fully saturated rings. The molecule has 0 saturated carbocycles. The van der Waals surface area contributed by atoms with Crippen LogP contribution in [0.2, 0.25) is 0 Å². The highest BCUT2D eigenvalue weighted by Gasteiger charge is 2.46. The van der Waals surface area contributed by atoms with Gasteiger partial charge in [-0.3, -0.25) is 9.11 Å². The maximum Gasteiger partial charge on any atom is 0.294 e. The molecule has 7 nitrogen and oxygen atoms in total. The van der Waals surface area contributed by atoms with Crippen molar-refractivity contribution in [1.29, 1.82) is 0 Å².